The molecule has 0 bridgehead atoms. The molecule has 1 saturated carbocycles. The summed E-state index contributed by atoms with van der Waals surface area (Å²) in [4.78, 5) is 11.0. The van der Waals surface area contributed by atoms with Crippen molar-refractivity contribution >= 4 is 5.91 Å². The van der Waals surface area contributed by atoms with Crippen LogP contribution in [0.4, 0.5) is 0 Å². The molecule has 13 heavy (non-hydrogen) atoms. The molecule has 1 N–H and O–H groups in total. The van der Waals surface area contributed by atoms with Crippen LogP contribution in [0.25, 0.3) is 5.73 Å². The number of hydrogen-bond donors (Lipinski definition) is 0. The molecule has 3 heteroatoms. The predicted molar refractivity (Wildman–Crippen MR) is 49.6 cm³/mol. The maximum absolute atomic E-state index is 11.0. The Hall–Kier alpha value is 1.28. The molecule has 1 amide bonds. The summed E-state index contributed by atoms with van der Waals surface area (Å²) in [6.07, 6.45) is 4.48. The van der Waals surface area contributed by atoms with E-state index in [1.54, 1.807) is 0 Å². The van der Waals surface area contributed by atoms with Gasteiger partial charge in [0.1, 0.15) is 0 Å². The fourth-order valence-electron chi connectivity index (χ4n) is 2.28. The van der Waals surface area contributed by atoms with Gasteiger partial charge in [-0.15, -0.1) is 0 Å². The minimum absolute atomic E-state index is 0. The summed E-state index contributed by atoms with van der Waals surface area (Å²) in [5.41, 5.74) is 7.16. The van der Waals surface area contributed by atoms with Crippen LogP contribution >= 0.6 is 0 Å². The third-order valence-corrected chi connectivity index (χ3v) is 3.01. The predicted octanol–water partition coefficient (Wildman–Crippen LogP) is 0.0316. The molecule has 0 saturated heterocycles. The van der Waals surface area contributed by atoms with Gasteiger partial charge in [0.15, 0.2) is 0 Å². The van der Waals surface area contributed by atoms with E-state index in [0.29, 0.717) is 11.8 Å². The average Bonchev–Trinajstić information content (AvgIpc) is 2.04. The molecule has 2 nitrogen and oxygen atoms in total. The van der Waals surface area contributed by atoms with E-state index >= 15 is 0 Å². The zero-order valence-corrected chi connectivity index (χ0v) is 13.9. The maximum Gasteiger partial charge on any atom is 1.00 e. The van der Waals surface area contributed by atoms with Crippen LogP contribution in [0, 0.1) is 17.8 Å². The third kappa shape index (κ3) is 4.11. The minimum atomic E-state index is -0.339. The molecule has 1 fully saturated rings. The van der Waals surface area contributed by atoms with Gasteiger partial charge in [0.2, 0.25) is 0 Å². The van der Waals surface area contributed by atoms with E-state index in [2.05, 4.69) is 13.8 Å². The topological polar surface area (TPSA) is 40.9 Å². The second kappa shape index (κ2) is 6.70. The number of hydrogen-bond acceptors (Lipinski definition) is 1. The van der Waals surface area contributed by atoms with Gasteiger partial charge in [-0.1, -0.05) is 26.7 Å². The van der Waals surface area contributed by atoms with E-state index in [0.717, 1.165) is 19.3 Å². The van der Waals surface area contributed by atoms with Crippen molar-refractivity contribution in [1.82, 2.24) is 0 Å². The Bertz CT molecular complexity index is 170. The van der Waals surface area contributed by atoms with E-state index in [1.807, 2.05) is 0 Å². The van der Waals surface area contributed by atoms with Crippen molar-refractivity contribution in [2.24, 2.45) is 17.8 Å². The molecule has 0 aliphatic heterocycles. The van der Waals surface area contributed by atoms with Crippen LogP contribution in [-0.4, -0.2) is 5.91 Å². The SMILES string of the molecule is CC(C)C1CCCCC1C([NH-])=O.[Rb+]. The molecule has 0 radical (unpaired) electrons. The van der Waals surface area contributed by atoms with Gasteiger partial charge in [0.05, 0.1) is 5.91 Å². The third-order valence-electron chi connectivity index (χ3n) is 3.01. The first-order chi connectivity index (χ1) is 5.63. The Morgan fingerprint density at radius 1 is 1.31 bits per heavy atom. The molecule has 0 aromatic rings. The van der Waals surface area contributed by atoms with Crippen molar-refractivity contribution in [3.05, 3.63) is 5.73 Å². The molecular formula is C10H18NORb. The zero-order chi connectivity index (χ0) is 9.14. The standard InChI is InChI=1S/C10H19NO.Rb/c1-7(2)8-5-3-4-6-9(8)10(11)12;/h7-9H,3-6H2,1-2H3,(H2,11,12);/q;+1/p-1. The van der Waals surface area contributed by atoms with Gasteiger partial charge in [-0.05, 0) is 24.7 Å². The van der Waals surface area contributed by atoms with Crippen LogP contribution in [0.3, 0.4) is 0 Å². The fraction of sp³-hybridized carbons (Fsp3) is 0.900. The van der Waals surface area contributed by atoms with Crippen LogP contribution in [-0.2, 0) is 4.79 Å². The zero-order valence-electron chi connectivity index (χ0n) is 8.97. The van der Waals surface area contributed by atoms with Crippen molar-refractivity contribution in [3.8, 4) is 0 Å². The molecule has 2 atom stereocenters. The Morgan fingerprint density at radius 3 is 2.23 bits per heavy atom. The van der Waals surface area contributed by atoms with Crippen molar-refractivity contribution in [1.29, 1.82) is 0 Å². The monoisotopic (exact) mass is 253 g/mol. The van der Waals surface area contributed by atoms with Gasteiger partial charge >= 0.3 is 58.2 Å². The van der Waals surface area contributed by atoms with Crippen LogP contribution in [0.2, 0.25) is 0 Å². The van der Waals surface area contributed by atoms with Crippen LogP contribution in [0.15, 0.2) is 0 Å². The molecular weight excluding hydrogens is 236 g/mol. The fourth-order valence-corrected chi connectivity index (χ4v) is 2.28. The first kappa shape index (κ1) is 14.3. The minimum Gasteiger partial charge on any atom is -0.668 e. The number of carbonyl (C=O) groups excluding carboxylic acids is 1. The molecule has 1 aliphatic carbocycles. The van der Waals surface area contributed by atoms with Crippen LogP contribution in [0.5, 0.6) is 0 Å². The molecule has 1 rings (SSSR count). The van der Waals surface area contributed by atoms with Crippen molar-refractivity contribution in [2.75, 3.05) is 0 Å². The van der Waals surface area contributed by atoms with E-state index in [1.165, 1.54) is 6.42 Å². The Labute approximate surface area is 130 Å². The molecule has 2 unspecified atom stereocenters. The quantitative estimate of drug-likeness (QED) is 0.685. The Kier molecular flexibility index (Phi) is 7.36. The molecule has 70 valence electrons. The second-order valence-corrected chi connectivity index (χ2v) is 4.16. The summed E-state index contributed by atoms with van der Waals surface area (Å²) >= 11 is 0. The number of carbonyl (C=O) groups is 1. The summed E-state index contributed by atoms with van der Waals surface area (Å²) in [5.74, 6) is 0.737. The molecule has 0 aromatic carbocycles. The van der Waals surface area contributed by atoms with Gasteiger partial charge in [0, 0.05) is 5.92 Å². The summed E-state index contributed by atoms with van der Waals surface area (Å²) < 4.78 is 0. The van der Waals surface area contributed by atoms with Gasteiger partial charge < -0.3 is 10.5 Å². The van der Waals surface area contributed by atoms with Gasteiger partial charge in [-0.25, -0.2) is 0 Å². The number of nitrogens with one attached hydrogen (secondary N) is 1. The normalized spacial score (nSPS) is 28.2. The smallest absolute Gasteiger partial charge is 0.668 e. The summed E-state index contributed by atoms with van der Waals surface area (Å²) in [7, 11) is 0. The van der Waals surface area contributed by atoms with E-state index in [-0.39, 0.29) is 70.0 Å². The summed E-state index contributed by atoms with van der Waals surface area (Å²) in [5, 5.41) is 0. The largest absolute Gasteiger partial charge is 1.00 e. The summed E-state index contributed by atoms with van der Waals surface area (Å²) in [6, 6.07) is 0. The van der Waals surface area contributed by atoms with Crippen LogP contribution < -0.4 is 58.2 Å². The Balaban J connectivity index is 0.00000144. The van der Waals surface area contributed by atoms with E-state index in [4.69, 9.17) is 5.73 Å². The van der Waals surface area contributed by atoms with Crippen molar-refractivity contribution < 1.29 is 63.0 Å². The van der Waals surface area contributed by atoms with Crippen molar-refractivity contribution in [3.63, 3.8) is 0 Å². The first-order valence-corrected chi connectivity index (χ1v) is 4.88. The molecule has 0 spiro atoms. The van der Waals surface area contributed by atoms with Gasteiger partial charge in [0.25, 0.3) is 0 Å². The van der Waals surface area contributed by atoms with Gasteiger partial charge in [-0.3, -0.25) is 0 Å². The average molecular weight is 254 g/mol. The number of amides is 1. The van der Waals surface area contributed by atoms with Crippen LogP contribution in [0.1, 0.15) is 39.5 Å². The molecule has 0 aromatic heterocycles. The van der Waals surface area contributed by atoms with Crippen molar-refractivity contribution in [2.45, 2.75) is 39.5 Å². The molecule has 0 heterocycles. The van der Waals surface area contributed by atoms with E-state index in [9.17, 15) is 4.79 Å². The van der Waals surface area contributed by atoms with Gasteiger partial charge in [-0.2, -0.15) is 0 Å². The first-order valence-electron chi connectivity index (χ1n) is 4.88. The Morgan fingerprint density at radius 2 is 1.85 bits per heavy atom. The summed E-state index contributed by atoms with van der Waals surface area (Å²) in [6.45, 7) is 4.32. The van der Waals surface area contributed by atoms with E-state index < -0.39 is 0 Å². The second-order valence-electron chi connectivity index (χ2n) is 4.16. The number of rotatable bonds is 2. The maximum atomic E-state index is 11.0. The molecule has 1 aliphatic rings.